The van der Waals surface area contributed by atoms with Crippen molar-refractivity contribution in [3.8, 4) is 0 Å². The maximum atomic E-state index is 10.4. The number of carboxylic acid groups (broad SMARTS) is 1. The van der Waals surface area contributed by atoms with E-state index in [2.05, 4.69) is 10.3 Å². The summed E-state index contributed by atoms with van der Waals surface area (Å²) in [6.45, 7) is 0.306. The number of hydrogen-bond donors (Lipinski definition) is 2. The van der Waals surface area contributed by atoms with E-state index in [1.54, 1.807) is 12.3 Å². The van der Waals surface area contributed by atoms with Gasteiger partial charge in [-0.15, -0.1) is 0 Å². The van der Waals surface area contributed by atoms with Crippen molar-refractivity contribution in [3.63, 3.8) is 0 Å². The molecule has 0 aliphatic carbocycles. The summed E-state index contributed by atoms with van der Waals surface area (Å²) in [5.74, 6) is 0. The zero-order valence-electron chi connectivity index (χ0n) is 10.6. The van der Waals surface area contributed by atoms with Gasteiger partial charge in [0, 0.05) is 12.7 Å². The van der Waals surface area contributed by atoms with Crippen molar-refractivity contribution in [2.45, 2.75) is 6.54 Å². The van der Waals surface area contributed by atoms with Crippen molar-refractivity contribution in [2.75, 3.05) is 0 Å². The first-order valence-electron chi connectivity index (χ1n) is 5.99. The van der Waals surface area contributed by atoms with Gasteiger partial charge in [-0.3, -0.25) is 0 Å². The second kappa shape index (κ2) is 6.73. The van der Waals surface area contributed by atoms with E-state index in [1.807, 2.05) is 42.5 Å². The second-order valence-corrected chi connectivity index (χ2v) is 4.54. The number of nitrogens with zero attached hydrogens (tertiary/aromatic N) is 1. The minimum Gasteiger partial charge on any atom is -0.465 e. The zero-order valence-corrected chi connectivity index (χ0v) is 11.3. The van der Waals surface area contributed by atoms with E-state index in [-0.39, 0.29) is 0 Å². The molecule has 1 heterocycles. The molecule has 0 spiro atoms. The van der Waals surface area contributed by atoms with Crippen molar-refractivity contribution in [2.24, 2.45) is 0 Å². The van der Waals surface area contributed by atoms with Crippen molar-refractivity contribution in [3.05, 3.63) is 64.4 Å². The molecule has 0 bridgehead atoms. The summed E-state index contributed by atoms with van der Waals surface area (Å²) in [6.07, 6.45) is 4.57. The highest BCUT2D eigenvalue weighted by molar-refractivity contribution is 6.29. The lowest BCUT2D eigenvalue weighted by Crippen LogP contribution is -2.19. The third-order valence-electron chi connectivity index (χ3n) is 2.64. The monoisotopic (exact) mass is 288 g/mol. The van der Waals surface area contributed by atoms with Gasteiger partial charge in [0.2, 0.25) is 0 Å². The van der Waals surface area contributed by atoms with E-state index < -0.39 is 6.09 Å². The Labute approximate surface area is 121 Å². The molecule has 0 radical (unpaired) electrons. The average molecular weight is 289 g/mol. The first-order valence-corrected chi connectivity index (χ1v) is 6.36. The lowest BCUT2D eigenvalue weighted by atomic mass is 10.1. The van der Waals surface area contributed by atoms with Gasteiger partial charge in [0.1, 0.15) is 5.15 Å². The van der Waals surface area contributed by atoms with Crippen LogP contribution in [0.1, 0.15) is 16.7 Å². The second-order valence-electron chi connectivity index (χ2n) is 4.15. The van der Waals surface area contributed by atoms with Crippen LogP contribution in [0.5, 0.6) is 0 Å². The van der Waals surface area contributed by atoms with Gasteiger partial charge in [-0.2, -0.15) is 0 Å². The molecule has 0 aliphatic heterocycles. The summed E-state index contributed by atoms with van der Waals surface area (Å²) in [6, 6.07) is 11.3. The minimum atomic E-state index is -1.02. The van der Waals surface area contributed by atoms with Crippen molar-refractivity contribution < 1.29 is 9.90 Å². The van der Waals surface area contributed by atoms with Gasteiger partial charge in [0.25, 0.3) is 0 Å². The molecule has 20 heavy (non-hydrogen) atoms. The molecular weight excluding hydrogens is 276 g/mol. The summed E-state index contributed by atoms with van der Waals surface area (Å²) < 4.78 is 0. The average Bonchev–Trinajstić information content (AvgIpc) is 2.45. The normalized spacial score (nSPS) is 10.7. The van der Waals surface area contributed by atoms with Crippen LogP contribution < -0.4 is 5.32 Å². The van der Waals surface area contributed by atoms with Crippen molar-refractivity contribution in [1.29, 1.82) is 0 Å². The predicted molar refractivity (Wildman–Crippen MR) is 79.5 cm³/mol. The number of pyridine rings is 1. The lowest BCUT2D eigenvalue weighted by molar-refractivity contribution is 0.194. The number of halogens is 1. The van der Waals surface area contributed by atoms with E-state index in [9.17, 15) is 4.79 Å². The molecule has 5 heteroatoms. The molecule has 102 valence electrons. The summed E-state index contributed by atoms with van der Waals surface area (Å²) >= 11 is 5.72. The molecule has 0 fully saturated rings. The Balaban J connectivity index is 1.99. The smallest absolute Gasteiger partial charge is 0.404 e. The van der Waals surface area contributed by atoms with Crippen LogP contribution in [0.3, 0.4) is 0 Å². The third-order valence-corrected chi connectivity index (χ3v) is 2.87. The fourth-order valence-electron chi connectivity index (χ4n) is 1.60. The Morgan fingerprint density at radius 2 is 1.80 bits per heavy atom. The third kappa shape index (κ3) is 4.40. The molecule has 0 saturated heterocycles. The highest BCUT2D eigenvalue weighted by Gasteiger charge is 1.96. The van der Waals surface area contributed by atoms with Crippen LogP contribution in [-0.2, 0) is 6.54 Å². The largest absolute Gasteiger partial charge is 0.465 e. The van der Waals surface area contributed by atoms with E-state index in [0.717, 1.165) is 16.7 Å². The Hall–Kier alpha value is -2.33. The SMILES string of the molecule is O=C(O)NCc1ccc(C=Cc2ccc(Cl)nc2)cc1. The fourth-order valence-corrected chi connectivity index (χ4v) is 1.71. The van der Waals surface area contributed by atoms with Crippen LogP contribution in [-0.4, -0.2) is 16.2 Å². The highest BCUT2D eigenvalue weighted by Crippen LogP contribution is 2.11. The molecule has 0 unspecified atom stereocenters. The van der Waals surface area contributed by atoms with Gasteiger partial charge in [-0.05, 0) is 22.8 Å². The van der Waals surface area contributed by atoms with E-state index in [4.69, 9.17) is 16.7 Å². The highest BCUT2D eigenvalue weighted by atomic mass is 35.5. The minimum absolute atomic E-state index is 0.306. The molecule has 1 aromatic heterocycles. The molecule has 1 amide bonds. The number of hydrogen-bond acceptors (Lipinski definition) is 2. The first-order chi connectivity index (χ1) is 9.63. The zero-order chi connectivity index (χ0) is 14.4. The Kier molecular flexibility index (Phi) is 4.74. The molecule has 0 aliphatic rings. The fraction of sp³-hybridized carbons (Fsp3) is 0.0667. The van der Waals surface area contributed by atoms with Crippen molar-refractivity contribution in [1.82, 2.24) is 10.3 Å². The van der Waals surface area contributed by atoms with Crippen LogP contribution >= 0.6 is 11.6 Å². The number of amides is 1. The Morgan fingerprint density at radius 1 is 1.15 bits per heavy atom. The van der Waals surface area contributed by atoms with Crippen LogP contribution in [0.4, 0.5) is 4.79 Å². The molecule has 2 aromatic rings. The Morgan fingerprint density at radius 3 is 2.40 bits per heavy atom. The molecular formula is C15H13ClN2O2. The first kappa shape index (κ1) is 14.1. The Bertz CT molecular complexity index is 607. The summed E-state index contributed by atoms with van der Waals surface area (Å²) in [5.41, 5.74) is 2.91. The predicted octanol–water partition coefficient (Wildman–Crippen LogP) is 3.67. The summed E-state index contributed by atoms with van der Waals surface area (Å²) in [4.78, 5) is 14.4. The molecule has 4 nitrogen and oxygen atoms in total. The molecule has 0 atom stereocenters. The van der Waals surface area contributed by atoms with Gasteiger partial charge in [0.15, 0.2) is 0 Å². The number of nitrogens with one attached hydrogen (secondary N) is 1. The molecule has 0 saturated carbocycles. The van der Waals surface area contributed by atoms with E-state index in [0.29, 0.717) is 11.7 Å². The molecule has 2 rings (SSSR count). The number of rotatable bonds is 4. The van der Waals surface area contributed by atoms with Gasteiger partial charge in [-0.25, -0.2) is 9.78 Å². The van der Waals surface area contributed by atoms with Gasteiger partial charge < -0.3 is 10.4 Å². The van der Waals surface area contributed by atoms with Crippen LogP contribution in [0, 0.1) is 0 Å². The maximum absolute atomic E-state index is 10.4. The van der Waals surface area contributed by atoms with Crippen LogP contribution in [0.25, 0.3) is 12.2 Å². The van der Waals surface area contributed by atoms with Gasteiger partial charge in [0.05, 0.1) is 0 Å². The van der Waals surface area contributed by atoms with Crippen molar-refractivity contribution >= 4 is 29.8 Å². The van der Waals surface area contributed by atoms with Crippen LogP contribution in [0.15, 0.2) is 42.6 Å². The summed E-state index contributed by atoms with van der Waals surface area (Å²) in [5, 5.41) is 11.3. The van der Waals surface area contributed by atoms with E-state index >= 15 is 0 Å². The topological polar surface area (TPSA) is 62.2 Å². The number of aromatic nitrogens is 1. The maximum Gasteiger partial charge on any atom is 0.404 e. The molecule has 1 aromatic carbocycles. The van der Waals surface area contributed by atoms with Crippen LogP contribution in [0.2, 0.25) is 5.15 Å². The van der Waals surface area contributed by atoms with E-state index in [1.165, 1.54) is 0 Å². The number of carbonyl (C=O) groups is 1. The quantitative estimate of drug-likeness (QED) is 0.844. The molecule has 2 N–H and O–H groups in total. The lowest BCUT2D eigenvalue weighted by Gasteiger charge is -2.01. The number of benzene rings is 1. The standard InChI is InChI=1S/C15H13ClN2O2/c16-14-8-7-13(9-17-14)6-3-11-1-4-12(5-2-11)10-18-15(19)20/h1-9,18H,10H2,(H,19,20). The van der Waals surface area contributed by atoms with Gasteiger partial charge in [-0.1, -0.05) is 54.1 Å². The summed E-state index contributed by atoms with van der Waals surface area (Å²) in [7, 11) is 0. The van der Waals surface area contributed by atoms with Gasteiger partial charge >= 0.3 is 6.09 Å².